The second-order valence-electron chi connectivity index (χ2n) is 6.41. The fraction of sp³-hybridized carbons (Fsp3) is 0.429. The van der Waals surface area contributed by atoms with E-state index in [2.05, 4.69) is 37.6 Å². The van der Waals surface area contributed by atoms with Gasteiger partial charge in [-0.15, -0.1) is 0 Å². The Morgan fingerprint density at radius 3 is 2.57 bits per heavy atom. The molecule has 0 atom stereocenters. The summed E-state index contributed by atoms with van der Waals surface area (Å²) in [5.41, 5.74) is 2.24. The molecule has 2 aromatic rings. The summed E-state index contributed by atoms with van der Waals surface area (Å²) in [4.78, 5) is 11.2. The van der Waals surface area contributed by atoms with E-state index in [0.29, 0.717) is 19.7 Å². The number of nitrogens with zero attached hydrogens (tertiary/aromatic N) is 3. The number of aromatic nitrogens is 1. The molecule has 28 heavy (non-hydrogen) atoms. The van der Waals surface area contributed by atoms with Crippen molar-refractivity contribution >= 4 is 11.8 Å². The predicted molar refractivity (Wildman–Crippen MR) is 112 cm³/mol. The minimum atomic E-state index is 0.638. The maximum absolute atomic E-state index is 5.69. The Labute approximate surface area is 166 Å². The van der Waals surface area contributed by atoms with Crippen molar-refractivity contribution in [3.05, 3.63) is 53.7 Å². The van der Waals surface area contributed by atoms with Gasteiger partial charge >= 0.3 is 0 Å². The normalized spacial score (nSPS) is 14.6. The Morgan fingerprint density at radius 1 is 1.11 bits per heavy atom. The quantitative estimate of drug-likeness (QED) is 0.564. The van der Waals surface area contributed by atoms with Crippen LogP contribution in [-0.2, 0) is 17.8 Å². The van der Waals surface area contributed by atoms with E-state index in [1.807, 2.05) is 37.4 Å². The van der Waals surface area contributed by atoms with E-state index in [1.165, 1.54) is 0 Å². The number of para-hydroxylation sites is 1. The van der Waals surface area contributed by atoms with Gasteiger partial charge in [-0.2, -0.15) is 0 Å². The van der Waals surface area contributed by atoms with Gasteiger partial charge in [0.2, 0.25) is 0 Å². The highest BCUT2D eigenvalue weighted by Crippen LogP contribution is 2.19. The average Bonchev–Trinajstić information content (AvgIpc) is 2.76. The molecule has 0 radical (unpaired) electrons. The molecule has 0 saturated carbocycles. The van der Waals surface area contributed by atoms with Gasteiger partial charge in [-0.25, -0.2) is 4.98 Å². The van der Waals surface area contributed by atoms with E-state index in [4.69, 9.17) is 9.47 Å². The second kappa shape index (κ2) is 10.5. The highest BCUT2D eigenvalue weighted by atomic mass is 16.5. The van der Waals surface area contributed by atoms with E-state index in [9.17, 15) is 0 Å². The van der Waals surface area contributed by atoms with E-state index in [1.54, 1.807) is 7.05 Å². The Hall–Kier alpha value is -2.80. The third kappa shape index (κ3) is 5.36. The minimum absolute atomic E-state index is 0.638. The van der Waals surface area contributed by atoms with Crippen LogP contribution >= 0.6 is 0 Å². The molecule has 0 amide bonds. The zero-order valence-electron chi connectivity index (χ0n) is 16.6. The monoisotopic (exact) mass is 383 g/mol. The molecule has 3 rings (SSSR count). The lowest BCUT2D eigenvalue weighted by Crippen LogP contribution is -2.39. The predicted octanol–water partition coefficient (Wildman–Crippen LogP) is 2.18. The summed E-state index contributed by atoms with van der Waals surface area (Å²) in [7, 11) is 1.77. The first kappa shape index (κ1) is 19.9. The van der Waals surface area contributed by atoms with Crippen LogP contribution in [0.4, 0.5) is 5.82 Å². The maximum Gasteiger partial charge on any atom is 0.191 e. The van der Waals surface area contributed by atoms with Gasteiger partial charge in [-0.05, 0) is 19.1 Å². The van der Waals surface area contributed by atoms with E-state index in [-0.39, 0.29) is 0 Å². The number of nitrogens with one attached hydrogen (secondary N) is 2. The summed E-state index contributed by atoms with van der Waals surface area (Å²) in [6.07, 6.45) is 1.84. The number of rotatable bonds is 7. The molecule has 7 heteroatoms. The molecule has 2 N–H and O–H groups in total. The van der Waals surface area contributed by atoms with Crippen LogP contribution in [-0.4, -0.2) is 50.9 Å². The van der Waals surface area contributed by atoms with Crippen LogP contribution in [0.25, 0.3) is 0 Å². The fourth-order valence-electron chi connectivity index (χ4n) is 3.15. The minimum Gasteiger partial charge on any atom is -0.494 e. The SMILES string of the molecule is CCOc1ccccc1CNC(=NC)NCc1cccnc1N1CCOCC1. The molecular weight excluding hydrogens is 354 g/mol. The summed E-state index contributed by atoms with van der Waals surface area (Å²) < 4.78 is 11.1. The first-order chi connectivity index (χ1) is 13.8. The van der Waals surface area contributed by atoms with Crippen LogP contribution in [0.3, 0.4) is 0 Å². The molecule has 0 unspecified atom stereocenters. The average molecular weight is 383 g/mol. The molecule has 1 aromatic carbocycles. The van der Waals surface area contributed by atoms with Crippen molar-refractivity contribution in [1.82, 2.24) is 15.6 Å². The van der Waals surface area contributed by atoms with Gasteiger partial charge in [0.25, 0.3) is 0 Å². The first-order valence-electron chi connectivity index (χ1n) is 9.73. The van der Waals surface area contributed by atoms with Gasteiger partial charge < -0.3 is 25.0 Å². The lowest BCUT2D eigenvalue weighted by molar-refractivity contribution is 0.122. The van der Waals surface area contributed by atoms with Gasteiger partial charge in [0.05, 0.1) is 19.8 Å². The molecule has 1 saturated heterocycles. The highest BCUT2D eigenvalue weighted by Gasteiger charge is 2.16. The van der Waals surface area contributed by atoms with Crippen molar-refractivity contribution in [2.24, 2.45) is 4.99 Å². The Balaban J connectivity index is 1.59. The third-order valence-electron chi connectivity index (χ3n) is 4.57. The third-order valence-corrected chi connectivity index (χ3v) is 4.57. The summed E-state index contributed by atoms with van der Waals surface area (Å²) in [6.45, 7) is 7.14. The molecule has 0 bridgehead atoms. The summed E-state index contributed by atoms with van der Waals surface area (Å²) in [5, 5.41) is 6.75. The standard InChI is InChI=1S/C21H29N5O2/c1-3-28-19-9-5-4-7-17(19)15-24-21(22-2)25-16-18-8-6-10-23-20(18)26-11-13-27-14-12-26/h4-10H,3,11-16H2,1-2H3,(H2,22,24,25). The number of hydrogen-bond acceptors (Lipinski definition) is 5. The highest BCUT2D eigenvalue weighted by molar-refractivity contribution is 5.79. The number of anilines is 1. The molecule has 150 valence electrons. The molecule has 1 fully saturated rings. The van der Waals surface area contributed by atoms with Crippen LogP contribution in [0.1, 0.15) is 18.1 Å². The molecule has 1 aromatic heterocycles. The molecular formula is C21H29N5O2. The number of guanidine groups is 1. The Kier molecular flexibility index (Phi) is 7.49. The van der Waals surface area contributed by atoms with Gasteiger partial charge in [0.1, 0.15) is 11.6 Å². The molecule has 7 nitrogen and oxygen atoms in total. The maximum atomic E-state index is 5.69. The topological polar surface area (TPSA) is 71.0 Å². The van der Waals surface area contributed by atoms with Crippen molar-refractivity contribution in [2.45, 2.75) is 20.0 Å². The number of benzene rings is 1. The van der Waals surface area contributed by atoms with Gasteiger partial charge in [0, 0.05) is 50.6 Å². The summed E-state index contributed by atoms with van der Waals surface area (Å²) in [6, 6.07) is 12.1. The van der Waals surface area contributed by atoms with Crippen LogP contribution < -0.4 is 20.3 Å². The lowest BCUT2D eigenvalue weighted by Gasteiger charge is -2.29. The number of morpholine rings is 1. The molecule has 0 aliphatic carbocycles. The zero-order chi connectivity index (χ0) is 19.6. The zero-order valence-corrected chi connectivity index (χ0v) is 16.6. The van der Waals surface area contributed by atoms with Crippen LogP contribution in [0.15, 0.2) is 47.6 Å². The lowest BCUT2D eigenvalue weighted by atomic mass is 10.2. The molecule has 1 aliphatic heterocycles. The van der Waals surface area contributed by atoms with Crippen molar-refractivity contribution < 1.29 is 9.47 Å². The molecule has 1 aliphatic rings. The number of ether oxygens (including phenoxy) is 2. The van der Waals surface area contributed by atoms with E-state index >= 15 is 0 Å². The summed E-state index contributed by atoms with van der Waals surface area (Å²) in [5.74, 6) is 2.65. The summed E-state index contributed by atoms with van der Waals surface area (Å²) >= 11 is 0. The molecule has 2 heterocycles. The first-order valence-corrected chi connectivity index (χ1v) is 9.73. The fourth-order valence-corrected chi connectivity index (χ4v) is 3.15. The molecule has 0 spiro atoms. The van der Waals surface area contributed by atoms with E-state index in [0.717, 1.165) is 55.0 Å². The van der Waals surface area contributed by atoms with Gasteiger partial charge in [-0.1, -0.05) is 24.3 Å². The van der Waals surface area contributed by atoms with Gasteiger partial charge in [-0.3, -0.25) is 4.99 Å². The smallest absolute Gasteiger partial charge is 0.191 e. The van der Waals surface area contributed by atoms with Crippen molar-refractivity contribution in [1.29, 1.82) is 0 Å². The van der Waals surface area contributed by atoms with Crippen molar-refractivity contribution in [2.75, 3.05) is 44.9 Å². The van der Waals surface area contributed by atoms with Crippen molar-refractivity contribution in [3.8, 4) is 5.75 Å². The Bertz CT molecular complexity index is 775. The van der Waals surface area contributed by atoms with Crippen LogP contribution in [0.2, 0.25) is 0 Å². The second-order valence-corrected chi connectivity index (χ2v) is 6.41. The number of pyridine rings is 1. The van der Waals surface area contributed by atoms with E-state index < -0.39 is 0 Å². The van der Waals surface area contributed by atoms with Crippen LogP contribution in [0, 0.1) is 0 Å². The largest absolute Gasteiger partial charge is 0.494 e. The van der Waals surface area contributed by atoms with Crippen LogP contribution in [0.5, 0.6) is 5.75 Å². The number of aliphatic imine (C=N–C) groups is 1. The Morgan fingerprint density at radius 2 is 1.82 bits per heavy atom. The van der Waals surface area contributed by atoms with Crippen molar-refractivity contribution in [3.63, 3.8) is 0 Å². The van der Waals surface area contributed by atoms with Gasteiger partial charge in [0.15, 0.2) is 5.96 Å². The number of hydrogen-bond donors (Lipinski definition) is 2.